The second-order valence-electron chi connectivity index (χ2n) is 4.37. The summed E-state index contributed by atoms with van der Waals surface area (Å²) >= 11 is 0. The van der Waals surface area contributed by atoms with Gasteiger partial charge in [0.25, 0.3) is 0 Å². The highest BCUT2D eigenvalue weighted by Crippen LogP contribution is 2.09. The van der Waals surface area contributed by atoms with Crippen molar-refractivity contribution in [2.45, 2.75) is 39.7 Å². The highest BCUT2D eigenvalue weighted by molar-refractivity contribution is 7.92. The minimum atomic E-state index is -3.39. The predicted molar refractivity (Wildman–Crippen MR) is 71.1 cm³/mol. The van der Waals surface area contributed by atoms with Crippen molar-refractivity contribution in [3.8, 4) is 0 Å². The molecule has 0 aliphatic heterocycles. The Morgan fingerprint density at radius 1 is 1.50 bits per heavy atom. The van der Waals surface area contributed by atoms with Crippen LogP contribution in [0.3, 0.4) is 0 Å². The van der Waals surface area contributed by atoms with Gasteiger partial charge in [0.15, 0.2) is 5.82 Å². The second-order valence-corrected chi connectivity index (χ2v) is 6.21. The number of rotatable bonds is 8. The number of hydrogen-bond acceptors (Lipinski definition) is 4. The molecule has 0 amide bonds. The topological polar surface area (TPSA) is 84.1 Å². The van der Waals surface area contributed by atoms with Gasteiger partial charge in [0.2, 0.25) is 10.0 Å². The molecule has 0 aliphatic carbocycles. The van der Waals surface area contributed by atoms with Gasteiger partial charge in [0, 0.05) is 11.8 Å². The molecule has 18 heavy (non-hydrogen) atoms. The maximum absolute atomic E-state index is 11.7. The largest absolute Gasteiger partial charge is 0.378 e. The number of hydrogen-bond donors (Lipinski definition) is 2. The van der Waals surface area contributed by atoms with E-state index in [1.807, 2.05) is 20.8 Å². The minimum Gasteiger partial charge on any atom is -0.378 e. The Balaban J connectivity index is 2.48. The lowest BCUT2D eigenvalue weighted by atomic mass is 10.2. The first-order chi connectivity index (χ1) is 8.43. The zero-order valence-corrected chi connectivity index (χ0v) is 11.9. The quantitative estimate of drug-likeness (QED) is 0.753. The van der Waals surface area contributed by atoms with Crippen LogP contribution < -0.4 is 4.72 Å². The van der Waals surface area contributed by atoms with Gasteiger partial charge in [-0.05, 0) is 20.3 Å². The monoisotopic (exact) mass is 275 g/mol. The van der Waals surface area contributed by atoms with Crippen LogP contribution in [0.5, 0.6) is 0 Å². The van der Waals surface area contributed by atoms with Crippen molar-refractivity contribution in [2.24, 2.45) is 0 Å². The molecule has 1 aromatic rings. The average molecular weight is 275 g/mol. The number of H-pyrrole nitrogens is 1. The molecule has 1 aromatic heterocycles. The van der Waals surface area contributed by atoms with Gasteiger partial charge in [-0.25, -0.2) is 8.42 Å². The Bertz CT molecular complexity index is 454. The van der Waals surface area contributed by atoms with Crippen LogP contribution in [0.25, 0.3) is 0 Å². The Labute approximate surface area is 108 Å². The smallest absolute Gasteiger partial charge is 0.236 e. The van der Waals surface area contributed by atoms with Gasteiger partial charge in [0.05, 0.1) is 18.5 Å². The number of anilines is 1. The van der Waals surface area contributed by atoms with E-state index < -0.39 is 10.0 Å². The summed E-state index contributed by atoms with van der Waals surface area (Å²) in [4.78, 5) is 0. The molecular formula is C11H21N3O3S. The Hall–Kier alpha value is -1.08. The lowest BCUT2D eigenvalue weighted by Crippen LogP contribution is -2.21. The van der Waals surface area contributed by atoms with Gasteiger partial charge >= 0.3 is 0 Å². The molecular weight excluding hydrogens is 254 g/mol. The third-order valence-corrected chi connectivity index (χ3v) is 3.44. The standard InChI is InChI=1S/C11H21N3O3S/c1-4-5-10-8-11(13-12-10)14-18(15,16)7-6-17-9(2)3/h8-9H,4-7H2,1-3H3,(H2,12,13,14). The summed E-state index contributed by atoms with van der Waals surface area (Å²) in [5.41, 5.74) is 0.925. The molecule has 104 valence electrons. The number of aryl methyl sites for hydroxylation is 1. The van der Waals surface area contributed by atoms with Crippen LogP contribution in [-0.2, 0) is 21.2 Å². The first kappa shape index (κ1) is 15.0. The number of nitrogens with one attached hydrogen (secondary N) is 2. The average Bonchev–Trinajstić information content (AvgIpc) is 2.64. The Morgan fingerprint density at radius 2 is 2.22 bits per heavy atom. The van der Waals surface area contributed by atoms with Crippen LogP contribution in [0, 0.1) is 0 Å². The van der Waals surface area contributed by atoms with E-state index in [-0.39, 0.29) is 18.5 Å². The SMILES string of the molecule is CCCc1cc(NS(=O)(=O)CCOC(C)C)n[nH]1. The maximum atomic E-state index is 11.7. The summed E-state index contributed by atoms with van der Waals surface area (Å²) in [7, 11) is -3.39. The van der Waals surface area contributed by atoms with E-state index in [2.05, 4.69) is 14.9 Å². The fraction of sp³-hybridized carbons (Fsp3) is 0.727. The number of nitrogens with zero attached hydrogens (tertiary/aromatic N) is 1. The third-order valence-electron chi connectivity index (χ3n) is 2.21. The molecule has 0 bridgehead atoms. The summed E-state index contributed by atoms with van der Waals surface area (Å²) in [6.45, 7) is 5.96. The van der Waals surface area contributed by atoms with E-state index in [0.717, 1.165) is 18.5 Å². The van der Waals surface area contributed by atoms with Gasteiger partial charge in [-0.2, -0.15) is 5.10 Å². The number of aromatic amines is 1. The summed E-state index contributed by atoms with van der Waals surface area (Å²) in [5.74, 6) is 0.268. The summed E-state index contributed by atoms with van der Waals surface area (Å²) in [6, 6.07) is 1.71. The van der Waals surface area contributed by atoms with Crippen LogP contribution in [0.2, 0.25) is 0 Å². The van der Waals surface area contributed by atoms with Crippen molar-refractivity contribution < 1.29 is 13.2 Å². The zero-order valence-electron chi connectivity index (χ0n) is 11.1. The van der Waals surface area contributed by atoms with Crippen LogP contribution in [0.4, 0.5) is 5.82 Å². The van der Waals surface area contributed by atoms with Crippen molar-refractivity contribution in [2.75, 3.05) is 17.1 Å². The van der Waals surface area contributed by atoms with E-state index in [1.54, 1.807) is 6.07 Å². The molecule has 0 fully saturated rings. The maximum Gasteiger partial charge on any atom is 0.236 e. The second kappa shape index (κ2) is 6.75. The molecule has 0 aromatic carbocycles. The van der Waals surface area contributed by atoms with Gasteiger partial charge in [-0.1, -0.05) is 13.3 Å². The van der Waals surface area contributed by atoms with Crippen molar-refractivity contribution in [3.05, 3.63) is 11.8 Å². The van der Waals surface area contributed by atoms with Crippen LogP contribution in [0.1, 0.15) is 32.9 Å². The van der Waals surface area contributed by atoms with E-state index in [1.165, 1.54) is 0 Å². The molecule has 2 N–H and O–H groups in total. The number of sulfonamides is 1. The van der Waals surface area contributed by atoms with Gasteiger partial charge in [0.1, 0.15) is 0 Å². The highest BCUT2D eigenvalue weighted by Gasteiger charge is 2.12. The summed E-state index contributed by atoms with van der Waals surface area (Å²) in [5, 5.41) is 6.70. The molecule has 0 atom stereocenters. The fourth-order valence-corrected chi connectivity index (χ4v) is 2.26. The van der Waals surface area contributed by atoms with Crippen molar-refractivity contribution in [1.29, 1.82) is 0 Å². The minimum absolute atomic E-state index is 0.0294. The molecule has 0 radical (unpaired) electrons. The van der Waals surface area contributed by atoms with Crippen molar-refractivity contribution >= 4 is 15.8 Å². The molecule has 6 nitrogen and oxygen atoms in total. The van der Waals surface area contributed by atoms with Crippen LogP contribution in [0.15, 0.2) is 6.07 Å². The third kappa shape index (κ3) is 5.50. The Morgan fingerprint density at radius 3 is 2.83 bits per heavy atom. The summed E-state index contributed by atoms with van der Waals surface area (Å²) < 4.78 is 31.0. The lowest BCUT2D eigenvalue weighted by molar-refractivity contribution is 0.0913. The first-order valence-corrected chi connectivity index (χ1v) is 7.74. The molecule has 0 unspecified atom stereocenters. The van der Waals surface area contributed by atoms with Gasteiger partial charge in [-0.15, -0.1) is 0 Å². The molecule has 0 saturated heterocycles. The molecule has 0 saturated carbocycles. The first-order valence-electron chi connectivity index (χ1n) is 6.09. The predicted octanol–water partition coefficient (Wildman–Crippen LogP) is 1.53. The normalized spacial score (nSPS) is 12.0. The van der Waals surface area contributed by atoms with E-state index in [4.69, 9.17) is 4.74 Å². The molecule has 1 heterocycles. The van der Waals surface area contributed by atoms with E-state index >= 15 is 0 Å². The molecule has 7 heteroatoms. The fourth-order valence-electron chi connectivity index (χ4n) is 1.42. The highest BCUT2D eigenvalue weighted by atomic mass is 32.2. The number of ether oxygens (including phenoxy) is 1. The van der Waals surface area contributed by atoms with Gasteiger partial charge in [-0.3, -0.25) is 9.82 Å². The zero-order chi connectivity index (χ0) is 13.6. The summed E-state index contributed by atoms with van der Waals surface area (Å²) in [6.07, 6.45) is 1.86. The number of aromatic nitrogens is 2. The van der Waals surface area contributed by atoms with Crippen molar-refractivity contribution in [1.82, 2.24) is 10.2 Å². The van der Waals surface area contributed by atoms with Crippen molar-refractivity contribution in [3.63, 3.8) is 0 Å². The molecule has 0 aliphatic rings. The van der Waals surface area contributed by atoms with Crippen LogP contribution >= 0.6 is 0 Å². The molecule has 0 spiro atoms. The van der Waals surface area contributed by atoms with Gasteiger partial charge < -0.3 is 4.74 Å². The Kier molecular flexibility index (Phi) is 5.61. The molecule has 1 rings (SSSR count). The lowest BCUT2D eigenvalue weighted by Gasteiger charge is -2.08. The van der Waals surface area contributed by atoms with E-state index in [9.17, 15) is 8.42 Å². The van der Waals surface area contributed by atoms with Crippen LogP contribution in [-0.4, -0.2) is 37.1 Å². The van der Waals surface area contributed by atoms with E-state index in [0.29, 0.717) is 5.82 Å².